The second kappa shape index (κ2) is 5.38. The summed E-state index contributed by atoms with van der Waals surface area (Å²) in [6.45, 7) is 0. The third kappa shape index (κ3) is 3.39. The highest BCUT2D eigenvalue weighted by Crippen LogP contribution is 2.22. The highest BCUT2D eigenvalue weighted by atomic mass is 35.5. The van der Waals surface area contributed by atoms with E-state index in [9.17, 15) is 13.2 Å². The van der Waals surface area contributed by atoms with E-state index in [0.29, 0.717) is 23.4 Å². The molecule has 19 heavy (non-hydrogen) atoms. The molecular weight excluding hydrogens is 288 g/mol. The van der Waals surface area contributed by atoms with E-state index < -0.39 is 9.84 Å². The van der Waals surface area contributed by atoms with E-state index in [2.05, 4.69) is 5.32 Å². The number of benzene rings is 1. The van der Waals surface area contributed by atoms with Crippen LogP contribution in [0.2, 0.25) is 5.02 Å². The quantitative estimate of drug-likeness (QED) is 0.804. The molecule has 0 aliphatic carbocycles. The molecule has 1 heterocycles. The topological polar surface area (TPSA) is 89.3 Å². The molecule has 1 aromatic rings. The fraction of sp³-hybridized carbons (Fsp3) is 0.417. The predicted molar refractivity (Wildman–Crippen MR) is 75.0 cm³/mol. The molecular formula is C12H15ClN2O3S. The minimum atomic E-state index is -2.93. The van der Waals surface area contributed by atoms with Crippen molar-refractivity contribution in [2.45, 2.75) is 18.9 Å². The van der Waals surface area contributed by atoms with Crippen LogP contribution >= 0.6 is 11.6 Å². The van der Waals surface area contributed by atoms with Crippen LogP contribution in [-0.2, 0) is 9.84 Å². The van der Waals surface area contributed by atoms with Gasteiger partial charge in [0.25, 0.3) is 5.91 Å². The van der Waals surface area contributed by atoms with Crippen molar-refractivity contribution in [1.29, 1.82) is 0 Å². The number of para-hydroxylation sites is 1. The van der Waals surface area contributed by atoms with Crippen LogP contribution in [-0.4, -0.2) is 31.9 Å². The first kappa shape index (κ1) is 14.1. The molecule has 1 amide bonds. The van der Waals surface area contributed by atoms with Crippen LogP contribution in [0.3, 0.4) is 0 Å². The van der Waals surface area contributed by atoms with Crippen LogP contribution in [0, 0.1) is 0 Å². The zero-order valence-electron chi connectivity index (χ0n) is 10.2. The summed E-state index contributed by atoms with van der Waals surface area (Å²) >= 11 is 5.85. The molecule has 2 rings (SSSR count). The molecule has 104 valence electrons. The Morgan fingerprint density at radius 2 is 1.95 bits per heavy atom. The SMILES string of the molecule is Nc1c(Cl)cccc1C(=O)NC1CCS(=O)(=O)CC1. The predicted octanol–water partition coefficient (Wildman–Crippen LogP) is 1.23. The first-order valence-electron chi connectivity index (χ1n) is 5.94. The van der Waals surface area contributed by atoms with Gasteiger partial charge in [0.05, 0.1) is 27.8 Å². The summed E-state index contributed by atoms with van der Waals surface area (Å²) < 4.78 is 22.6. The van der Waals surface area contributed by atoms with Crippen molar-refractivity contribution in [3.8, 4) is 0 Å². The summed E-state index contributed by atoms with van der Waals surface area (Å²) in [6.07, 6.45) is 0.878. The van der Waals surface area contributed by atoms with Gasteiger partial charge in [0.2, 0.25) is 0 Å². The molecule has 1 saturated heterocycles. The minimum Gasteiger partial charge on any atom is -0.397 e. The number of amides is 1. The molecule has 0 aromatic heterocycles. The molecule has 3 N–H and O–H groups in total. The van der Waals surface area contributed by atoms with Crippen molar-refractivity contribution in [3.05, 3.63) is 28.8 Å². The molecule has 1 aromatic carbocycles. The summed E-state index contributed by atoms with van der Waals surface area (Å²) in [7, 11) is -2.93. The Hall–Kier alpha value is -1.27. The normalized spacial score (nSPS) is 19.0. The molecule has 0 saturated carbocycles. The highest BCUT2D eigenvalue weighted by Gasteiger charge is 2.25. The van der Waals surface area contributed by atoms with Crippen molar-refractivity contribution >= 4 is 33.0 Å². The van der Waals surface area contributed by atoms with E-state index in [1.54, 1.807) is 18.2 Å². The number of carbonyl (C=O) groups excluding carboxylic acids is 1. The van der Waals surface area contributed by atoms with Gasteiger partial charge in [-0.05, 0) is 25.0 Å². The summed E-state index contributed by atoms with van der Waals surface area (Å²) in [6, 6.07) is 4.73. The van der Waals surface area contributed by atoms with Gasteiger partial charge >= 0.3 is 0 Å². The molecule has 1 aliphatic rings. The monoisotopic (exact) mass is 302 g/mol. The second-order valence-electron chi connectivity index (χ2n) is 4.60. The Kier molecular flexibility index (Phi) is 4.01. The summed E-state index contributed by atoms with van der Waals surface area (Å²) in [4.78, 5) is 12.0. The number of nitrogen functional groups attached to an aromatic ring is 1. The number of nitrogens with one attached hydrogen (secondary N) is 1. The van der Waals surface area contributed by atoms with Gasteiger partial charge < -0.3 is 11.1 Å². The standard InChI is InChI=1S/C12H15ClN2O3S/c13-10-3-1-2-9(11(10)14)12(16)15-8-4-6-19(17,18)7-5-8/h1-3,8H,4-7,14H2,(H,15,16). The number of halogens is 1. The van der Waals surface area contributed by atoms with Crippen molar-refractivity contribution < 1.29 is 13.2 Å². The summed E-state index contributed by atoms with van der Waals surface area (Å²) in [5.74, 6) is -0.0873. The average Bonchev–Trinajstić information content (AvgIpc) is 2.35. The van der Waals surface area contributed by atoms with E-state index in [1.165, 1.54) is 0 Å². The smallest absolute Gasteiger partial charge is 0.253 e. The number of nitrogens with two attached hydrogens (primary N) is 1. The lowest BCUT2D eigenvalue weighted by Crippen LogP contribution is -2.41. The first-order valence-corrected chi connectivity index (χ1v) is 8.14. The maximum atomic E-state index is 12.0. The molecule has 0 atom stereocenters. The number of hydrogen-bond donors (Lipinski definition) is 2. The first-order chi connectivity index (χ1) is 8.89. The van der Waals surface area contributed by atoms with Crippen molar-refractivity contribution in [2.75, 3.05) is 17.2 Å². The Labute approximate surface area is 117 Å². The molecule has 0 radical (unpaired) electrons. The number of hydrogen-bond acceptors (Lipinski definition) is 4. The lowest BCUT2D eigenvalue weighted by molar-refractivity contribution is 0.0935. The number of anilines is 1. The third-order valence-corrected chi connectivity index (χ3v) is 5.23. The lowest BCUT2D eigenvalue weighted by atomic mass is 10.1. The van der Waals surface area contributed by atoms with E-state index in [1.807, 2.05) is 0 Å². The van der Waals surface area contributed by atoms with E-state index >= 15 is 0 Å². The molecule has 7 heteroatoms. The van der Waals surface area contributed by atoms with Crippen molar-refractivity contribution in [1.82, 2.24) is 5.32 Å². The van der Waals surface area contributed by atoms with Crippen LogP contribution < -0.4 is 11.1 Å². The van der Waals surface area contributed by atoms with Gasteiger partial charge in [-0.25, -0.2) is 8.42 Å². The van der Waals surface area contributed by atoms with Crippen LogP contribution in [0.1, 0.15) is 23.2 Å². The Morgan fingerprint density at radius 3 is 2.58 bits per heavy atom. The van der Waals surface area contributed by atoms with Crippen LogP contribution in [0.25, 0.3) is 0 Å². The third-order valence-electron chi connectivity index (χ3n) is 3.19. The Bertz CT molecular complexity index is 587. The fourth-order valence-corrected chi connectivity index (χ4v) is 3.70. The number of sulfone groups is 1. The molecule has 0 spiro atoms. The molecule has 0 bridgehead atoms. The van der Waals surface area contributed by atoms with Gasteiger partial charge in [0.15, 0.2) is 0 Å². The molecule has 1 aliphatic heterocycles. The average molecular weight is 303 g/mol. The van der Waals surface area contributed by atoms with Gasteiger partial charge in [0, 0.05) is 6.04 Å². The summed E-state index contributed by atoms with van der Waals surface area (Å²) in [5.41, 5.74) is 6.30. The Morgan fingerprint density at radius 1 is 1.32 bits per heavy atom. The van der Waals surface area contributed by atoms with Crippen molar-refractivity contribution in [3.63, 3.8) is 0 Å². The van der Waals surface area contributed by atoms with E-state index in [-0.39, 0.29) is 29.1 Å². The van der Waals surface area contributed by atoms with Gasteiger partial charge in [-0.3, -0.25) is 4.79 Å². The molecule has 1 fully saturated rings. The highest BCUT2D eigenvalue weighted by molar-refractivity contribution is 7.91. The number of carbonyl (C=O) groups is 1. The van der Waals surface area contributed by atoms with Gasteiger partial charge in [-0.15, -0.1) is 0 Å². The fourth-order valence-electron chi connectivity index (χ4n) is 2.03. The van der Waals surface area contributed by atoms with Gasteiger partial charge in [-0.1, -0.05) is 17.7 Å². The largest absolute Gasteiger partial charge is 0.397 e. The van der Waals surface area contributed by atoms with Gasteiger partial charge in [-0.2, -0.15) is 0 Å². The van der Waals surface area contributed by atoms with E-state index in [0.717, 1.165) is 0 Å². The molecule has 5 nitrogen and oxygen atoms in total. The number of rotatable bonds is 2. The summed E-state index contributed by atoms with van der Waals surface area (Å²) in [5, 5.41) is 3.13. The molecule has 0 unspecified atom stereocenters. The van der Waals surface area contributed by atoms with Gasteiger partial charge in [0.1, 0.15) is 9.84 Å². The van der Waals surface area contributed by atoms with Crippen LogP contribution in [0.15, 0.2) is 18.2 Å². The minimum absolute atomic E-state index is 0.114. The van der Waals surface area contributed by atoms with Crippen molar-refractivity contribution in [2.24, 2.45) is 0 Å². The van der Waals surface area contributed by atoms with Crippen LogP contribution in [0.5, 0.6) is 0 Å². The van der Waals surface area contributed by atoms with Crippen LogP contribution in [0.4, 0.5) is 5.69 Å². The Balaban J connectivity index is 2.04. The maximum absolute atomic E-state index is 12.0. The zero-order valence-corrected chi connectivity index (χ0v) is 11.8. The zero-order chi connectivity index (χ0) is 14.0. The lowest BCUT2D eigenvalue weighted by Gasteiger charge is -2.23. The maximum Gasteiger partial charge on any atom is 0.253 e. The van der Waals surface area contributed by atoms with E-state index in [4.69, 9.17) is 17.3 Å². The second-order valence-corrected chi connectivity index (χ2v) is 7.31.